The number of piperidine rings is 1. The number of aromatic nitrogens is 4. The van der Waals surface area contributed by atoms with Gasteiger partial charge in [0.15, 0.2) is 11.5 Å². The van der Waals surface area contributed by atoms with Crippen LogP contribution < -0.4 is 17.2 Å². The minimum Gasteiger partial charge on any atom is -0.388 e. The molecule has 0 aliphatic carbocycles. The van der Waals surface area contributed by atoms with E-state index in [2.05, 4.69) is 15.0 Å². The van der Waals surface area contributed by atoms with Crippen LogP contribution in [0.4, 0.5) is 5.82 Å². The Morgan fingerprint density at radius 3 is 2.93 bits per heavy atom. The normalized spacial score (nSPS) is 24.3. The van der Waals surface area contributed by atoms with Crippen molar-refractivity contribution < 1.29 is 9.90 Å². The number of likely N-dealkylation sites (tertiary alicyclic amines) is 1. The van der Waals surface area contributed by atoms with Crippen LogP contribution in [0.15, 0.2) is 12.7 Å². The summed E-state index contributed by atoms with van der Waals surface area (Å²) in [5, 5.41) is 10.9. The Labute approximate surface area is 157 Å². The maximum absolute atomic E-state index is 12.8. The lowest BCUT2D eigenvalue weighted by Gasteiger charge is -2.43. The number of rotatable bonds is 6. The molecule has 3 rings (SSSR count). The molecule has 2 aromatic heterocycles. The van der Waals surface area contributed by atoms with Gasteiger partial charge in [-0.2, -0.15) is 0 Å². The van der Waals surface area contributed by atoms with Gasteiger partial charge >= 0.3 is 0 Å². The van der Waals surface area contributed by atoms with Crippen LogP contribution in [0.2, 0.25) is 0 Å². The van der Waals surface area contributed by atoms with E-state index >= 15 is 0 Å². The molecule has 1 aliphatic heterocycles. The van der Waals surface area contributed by atoms with Crippen LogP contribution in [0.3, 0.4) is 0 Å². The number of imidazole rings is 1. The fourth-order valence-electron chi connectivity index (χ4n) is 3.58. The van der Waals surface area contributed by atoms with Crippen LogP contribution >= 0.6 is 0 Å². The molecule has 10 nitrogen and oxygen atoms in total. The van der Waals surface area contributed by atoms with E-state index < -0.39 is 17.7 Å². The summed E-state index contributed by atoms with van der Waals surface area (Å²) in [5.74, 6) is 0.176. The first-order chi connectivity index (χ1) is 12.8. The maximum atomic E-state index is 12.8. The third-order valence-electron chi connectivity index (χ3n) is 5.32. The molecule has 0 spiro atoms. The van der Waals surface area contributed by atoms with Gasteiger partial charge in [0.1, 0.15) is 11.8 Å². The molecule has 1 saturated heterocycles. The Balaban J connectivity index is 1.81. The molecule has 1 aliphatic rings. The Morgan fingerprint density at radius 1 is 1.41 bits per heavy atom. The molecule has 0 radical (unpaired) electrons. The number of nitrogen functional groups attached to an aromatic ring is 1. The largest absolute Gasteiger partial charge is 0.388 e. The third kappa shape index (κ3) is 3.87. The predicted octanol–water partition coefficient (Wildman–Crippen LogP) is -0.611. The number of nitrogens with two attached hydrogens (primary N) is 3. The summed E-state index contributed by atoms with van der Waals surface area (Å²) in [6.45, 7) is 3.13. The van der Waals surface area contributed by atoms with Crippen molar-refractivity contribution in [3.05, 3.63) is 12.7 Å². The average Bonchev–Trinajstić information content (AvgIpc) is 3.06. The first-order valence-corrected chi connectivity index (χ1v) is 9.25. The SMILES string of the molecule is C[C@@]1(O)CCN(C(=O)[C@@H](N)CCCCN)C[C@H]1n1cnc2c(N)ncnc21. The van der Waals surface area contributed by atoms with Gasteiger partial charge in [-0.1, -0.05) is 6.42 Å². The Bertz CT molecular complexity index is 805. The summed E-state index contributed by atoms with van der Waals surface area (Å²) < 4.78 is 1.77. The molecule has 1 amide bonds. The molecule has 3 heterocycles. The Morgan fingerprint density at radius 2 is 2.19 bits per heavy atom. The fourth-order valence-corrected chi connectivity index (χ4v) is 3.58. The van der Waals surface area contributed by atoms with E-state index in [-0.39, 0.29) is 11.7 Å². The number of aliphatic hydroxyl groups is 1. The van der Waals surface area contributed by atoms with Crippen LogP contribution in [-0.4, -0.2) is 66.7 Å². The van der Waals surface area contributed by atoms with Crippen LogP contribution in [-0.2, 0) is 4.79 Å². The molecule has 27 heavy (non-hydrogen) atoms. The quantitative estimate of drug-likeness (QED) is 0.485. The third-order valence-corrected chi connectivity index (χ3v) is 5.32. The van der Waals surface area contributed by atoms with Crippen LogP contribution in [0.25, 0.3) is 11.2 Å². The van der Waals surface area contributed by atoms with Crippen molar-refractivity contribution in [2.45, 2.75) is 50.3 Å². The van der Waals surface area contributed by atoms with E-state index in [0.717, 1.165) is 12.8 Å². The summed E-state index contributed by atoms with van der Waals surface area (Å²) in [4.78, 5) is 26.9. The minimum absolute atomic E-state index is 0.105. The van der Waals surface area contributed by atoms with Gasteiger partial charge in [-0.05, 0) is 32.7 Å². The Kier molecular flexibility index (Phi) is 5.59. The average molecular weight is 376 g/mol. The number of hydrogen-bond acceptors (Lipinski definition) is 8. The fraction of sp³-hybridized carbons (Fsp3) is 0.647. The molecule has 3 atom stereocenters. The second-order valence-corrected chi connectivity index (χ2v) is 7.38. The molecular weight excluding hydrogens is 348 g/mol. The van der Waals surface area contributed by atoms with E-state index in [4.69, 9.17) is 17.2 Å². The first-order valence-electron chi connectivity index (χ1n) is 9.25. The molecule has 7 N–H and O–H groups in total. The maximum Gasteiger partial charge on any atom is 0.239 e. The number of fused-ring (bicyclic) bond motifs is 1. The number of carbonyl (C=O) groups is 1. The summed E-state index contributed by atoms with van der Waals surface area (Å²) in [6.07, 6.45) is 5.65. The summed E-state index contributed by atoms with van der Waals surface area (Å²) in [5.41, 5.74) is 17.4. The zero-order valence-electron chi connectivity index (χ0n) is 15.6. The van der Waals surface area contributed by atoms with Crippen molar-refractivity contribution in [2.75, 3.05) is 25.4 Å². The van der Waals surface area contributed by atoms with Gasteiger partial charge in [-0.3, -0.25) is 4.79 Å². The van der Waals surface area contributed by atoms with E-state index in [9.17, 15) is 9.90 Å². The number of amides is 1. The topological polar surface area (TPSA) is 162 Å². The number of carbonyl (C=O) groups excluding carboxylic acids is 1. The van der Waals surface area contributed by atoms with E-state index in [1.807, 2.05) is 0 Å². The summed E-state index contributed by atoms with van der Waals surface area (Å²) >= 11 is 0. The highest BCUT2D eigenvalue weighted by Gasteiger charge is 2.41. The van der Waals surface area contributed by atoms with Gasteiger partial charge in [-0.25, -0.2) is 15.0 Å². The molecule has 0 aromatic carbocycles. The Hall–Kier alpha value is -2.30. The van der Waals surface area contributed by atoms with Gasteiger partial charge in [-0.15, -0.1) is 0 Å². The van der Waals surface area contributed by atoms with Gasteiger partial charge in [0, 0.05) is 13.1 Å². The van der Waals surface area contributed by atoms with Gasteiger partial charge in [0.05, 0.1) is 24.0 Å². The zero-order chi connectivity index (χ0) is 19.6. The molecule has 0 unspecified atom stereocenters. The van der Waals surface area contributed by atoms with Gasteiger partial charge in [0.25, 0.3) is 0 Å². The highest BCUT2D eigenvalue weighted by Crippen LogP contribution is 2.34. The molecule has 0 bridgehead atoms. The van der Waals surface area contributed by atoms with Crippen molar-refractivity contribution in [1.29, 1.82) is 0 Å². The molecule has 148 valence electrons. The standard InChI is InChI=1S/C17H28N8O2/c1-17(27)5-7-24(16(26)11(19)4-2-3-6-18)8-12(17)25-10-23-13-14(20)21-9-22-15(13)25/h9-12,27H,2-8,18-19H2,1H3,(H2,20,21,22)/t11-,12+,17+/m0/s1. The highest BCUT2D eigenvalue weighted by molar-refractivity contribution is 5.82. The summed E-state index contributed by atoms with van der Waals surface area (Å²) in [6, 6.07) is -0.969. The zero-order valence-corrected chi connectivity index (χ0v) is 15.6. The summed E-state index contributed by atoms with van der Waals surface area (Å²) in [7, 11) is 0. The van der Waals surface area contributed by atoms with Crippen molar-refractivity contribution >= 4 is 22.9 Å². The molecule has 1 fully saturated rings. The molecular formula is C17H28N8O2. The van der Waals surface area contributed by atoms with Crippen molar-refractivity contribution in [3.63, 3.8) is 0 Å². The van der Waals surface area contributed by atoms with Crippen molar-refractivity contribution in [2.24, 2.45) is 11.5 Å². The van der Waals surface area contributed by atoms with Crippen LogP contribution in [0.5, 0.6) is 0 Å². The lowest BCUT2D eigenvalue weighted by atomic mass is 9.87. The minimum atomic E-state index is -1.02. The second kappa shape index (κ2) is 7.75. The van der Waals surface area contributed by atoms with Gasteiger partial charge < -0.3 is 31.8 Å². The first kappa shape index (κ1) is 19.5. The second-order valence-electron chi connectivity index (χ2n) is 7.38. The van der Waals surface area contributed by atoms with E-state index in [0.29, 0.717) is 43.6 Å². The number of nitrogens with zero attached hydrogens (tertiary/aromatic N) is 5. The van der Waals surface area contributed by atoms with Crippen molar-refractivity contribution in [3.8, 4) is 0 Å². The monoisotopic (exact) mass is 376 g/mol. The van der Waals surface area contributed by atoms with Crippen molar-refractivity contribution in [1.82, 2.24) is 24.4 Å². The highest BCUT2D eigenvalue weighted by atomic mass is 16.3. The smallest absolute Gasteiger partial charge is 0.239 e. The molecule has 2 aromatic rings. The van der Waals surface area contributed by atoms with E-state index in [1.165, 1.54) is 6.33 Å². The molecule has 10 heteroatoms. The number of unbranched alkanes of at least 4 members (excludes halogenated alkanes) is 1. The molecule has 0 saturated carbocycles. The van der Waals surface area contributed by atoms with Crippen LogP contribution in [0, 0.1) is 0 Å². The number of hydrogen-bond donors (Lipinski definition) is 4. The van der Waals surface area contributed by atoms with Crippen LogP contribution in [0.1, 0.15) is 38.6 Å². The van der Waals surface area contributed by atoms with Gasteiger partial charge in [0.2, 0.25) is 5.91 Å². The number of anilines is 1. The lowest BCUT2D eigenvalue weighted by Crippen LogP contribution is -2.55. The van der Waals surface area contributed by atoms with E-state index in [1.54, 1.807) is 22.7 Å². The lowest BCUT2D eigenvalue weighted by molar-refractivity contribution is -0.139. The predicted molar refractivity (Wildman–Crippen MR) is 101 cm³/mol.